The number of rotatable bonds is 3. The normalized spacial score (nSPS) is 14.4. The zero-order valence-corrected chi connectivity index (χ0v) is 7.90. The molecule has 0 bridgehead atoms. The highest BCUT2D eigenvalue weighted by molar-refractivity contribution is 5.78. The predicted molar refractivity (Wildman–Crippen MR) is 43.1 cm³/mol. The molecule has 0 spiro atoms. The number of hydrogen-bond acceptors (Lipinski definition) is 1. The molecule has 0 aliphatic rings. The summed E-state index contributed by atoms with van der Waals surface area (Å²) in [4.78, 5) is 11.0. The van der Waals surface area contributed by atoms with Gasteiger partial charge in [0.15, 0.2) is 0 Å². The van der Waals surface area contributed by atoms with Crippen LogP contribution >= 0.6 is 0 Å². The molecule has 0 saturated carbocycles. The second-order valence-electron chi connectivity index (χ2n) is 3.38. The average Bonchev–Trinajstić information content (AvgIpc) is 1.81. The minimum absolute atomic E-state index is 0.282. The molecule has 0 rings (SSSR count). The van der Waals surface area contributed by atoms with Crippen LogP contribution in [-0.4, -0.2) is 18.1 Å². The number of nitrogens with one attached hydrogen (secondary N) is 1. The lowest BCUT2D eigenvalue weighted by Gasteiger charge is -2.16. The third kappa shape index (κ3) is 6.42. The van der Waals surface area contributed by atoms with E-state index in [9.17, 15) is 18.0 Å². The molecule has 78 valence electrons. The van der Waals surface area contributed by atoms with Gasteiger partial charge in [-0.2, -0.15) is 13.2 Å². The SMILES string of the molecule is CC(CC(F)(F)F)NC(=O)C(C)C. The highest BCUT2D eigenvalue weighted by Gasteiger charge is 2.30. The first-order valence-electron chi connectivity index (χ1n) is 4.09. The van der Waals surface area contributed by atoms with Crippen LogP contribution in [0.15, 0.2) is 0 Å². The molecule has 1 N–H and O–H groups in total. The zero-order valence-electron chi connectivity index (χ0n) is 7.90. The van der Waals surface area contributed by atoms with E-state index in [-0.39, 0.29) is 11.8 Å². The standard InChI is InChI=1S/C8H14F3NO/c1-5(2)7(13)12-6(3)4-8(9,10)11/h5-6H,4H2,1-3H3,(H,12,13). The molecule has 0 radical (unpaired) electrons. The van der Waals surface area contributed by atoms with Gasteiger partial charge < -0.3 is 5.32 Å². The number of carbonyl (C=O) groups is 1. The summed E-state index contributed by atoms with van der Waals surface area (Å²) in [6, 6.07) is -0.852. The minimum Gasteiger partial charge on any atom is -0.353 e. The molecule has 0 saturated heterocycles. The summed E-state index contributed by atoms with van der Waals surface area (Å²) >= 11 is 0. The van der Waals surface area contributed by atoms with Crippen LogP contribution in [0.3, 0.4) is 0 Å². The van der Waals surface area contributed by atoms with Gasteiger partial charge in [-0.15, -0.1) is 0 Å². The highest BCUT2D eigenvalue weighted by Crippen LogP contribution is 2.21. The molecule has 13 heavy (non-hydrogen) atoms. The quantitative estimate of drug-likeness (QED) is 0.737. The van der Waals surface area contributed by atoms with Crippen molar-refractivity contribution in [3.05, 3.63) is 0 Å². The van der Waals surface area contributed by atoms with Crippen LogP contribution in [0.2, 0.25) is 0 Å². The van der Waals surface area contributed by atoms with Crippen LogP contribution < -0.4 is 5.32 Å². The lowest BCUT2D eigenvalue weighted by Crippen LogP contribution is -2.38. The van der Waals surface area contributed by atoms with Crippen molar-refractivity contribution in [1.82, 2.24) is 5.32 Å². The average molecular weight is 197 g/mol. The fourth-order valence-corrected chi connectivity index (χ4v) is 0.808. The summed E-state index contributed by atoms with van der Waals surface area (Å²) < 4.78 is 35.4. The number of hydrogen-bond donors (Lipinski definition) is 1. The van der Waals surface area contributed by atoms with Crippen LogP contribution in [-0.2, 0) is 4.79 Å². The summed E-state index contributed by atoms with van der Waals surface area (Å²) in [5, 5.41) is 2.28. The number of carbonyl (C=O) groups excluding carboxylic acids is 1. The summed E-state index contributed by atoms with van der Waals surface area (Å²) in [5.74, 6) is -0.632. The van der Waals surface area contributed by atoms with E-state index in [0.717, 1.165) is 0 Å². The molecular formula is C8H14F3NO. The van der Waals surface area contributed by atoms with E-state index in [2.05, 4.69) is 5.32 Å². The first kappa shape index (κ1) is 12.3. The predicted octanol–water partition coefficient (Wildman–Crippen LogP) is 2.10. The van der Waals surface area contributed by atoms with E-state index in [1.165, 1.54) is 6.92 Å². The van der Waals surface area contributed by atoms with Gasteiger partial charge >= 0.3 is 6.18 Å². The molecule has 1 unspecified atom stereocenters. The first-order valence-corrected chi connectivity index (χ1v) is 4.09. The van der Waals surface area contributed by atoms with Crippen LogP contribution in [0.4, 0.5) is 13.2 Å². The van der Waals surface area contributed by atoms with Gasteiger partial charge in [0.1, 0.15) is 0 Å². The summed E-state index contributed by atoms with van der Waals surface area (Å²) in [6.45, 7) is 4.61. The maximum absolute atomic E-state index is 11.8. The molecule has 0 fully saturated rings. The van der Waals surface area contributed by atoms with Gasteiger partial charge in [-0.05, 0) is 6.92 Å². The van der Waals surface area contributed by atoms with Crippen LogP contribution in [0.25, 0.3) is 0 Å². The van der Waals surface area contributed by atoms with Gasteiger partial charge in [0.2, 0.25) is 5.91 Å². The Hall–Kier alpha value is -0.740. The minimum atomic E-state index is -4.22. The van der Waals surface area contributed by atoms with Gasteiger partial charge in [-0.3, -0.25) is 4.79 Å². The van der Waals surface area contributed by atoms with Crippen molar-refractivity contribution in [1.29, 1.82) is 0 Å². The van der Waals surface area contributed by atoms with E-state index in [0.29, 0.717) is 0 Å². The van der Waals surface area contributed by atoms with E-state index in [1.807, 2.05) is 0 Å². The largest absolute Gasteiger partial charge is 0.391 e. The topological polar surface area (TPSA) is 29.1 Å². The van der Waals surface area contributed by atoms with E-state index >= 15 is 0 Å². The van der Waals surface area contributed by atoms with Gasteiger partial charge in [-0.1, -0.05) is 13.8 Å². The van der Waals surface area contributed by atoms with Crippen molar-refractivity contribution in [3.63, 3.8) is 0 Å². The molecule has 0 aromatic heterocycles. The zero-order chi connectivity index (χ0) is 10.6. The van der Waals surface area contributed by atoms with E-state index in [1.54, 1.807) is 13.8 Å². The van der Waals surface area contributed by atoms with E-state index < -0.39 is 18.6 Å². The second kappa shape index (κ2) is 4.48. The lowest BCUT2D eigenvalue weighted by atomic mass is 10.1. The molecule has 0 aromatic carbocycles. The van der Waals surface area contributed by atoms with Crippen LogP contribution in [0.5, 0.6) is 0 Å². The van der Waals surface area contributed by atoms with Gasteiger partial charge in [-0.25, -0.2) is 0 Å². The van der Waals surface area contributed by atoms with Crippen molar-refractivity contribution in [2.45, 2.75) is 39.4 Å². The van der Waals surface area contributed by atoms with Gasteiger partial charge in [0, 0.05) is 12.0 Å². The molecular weight excluding hydrogens is 183 g/mol. The summed E-state index contributed by atoms with van der Waals surface area (Å²) in [6.07, 6.45) is -5.20. The molecule has 2 nitrogen and oxygen atoms in total. The summed E-state index contributed by atoms with van der Waals surface area (Å²) in [7, 11) is 0. The van der Waals surface area contributed by atoms with Gasteiger partial charge in [0.05, 0.1) is 6.42 Å². The smallest absolute Gasteiger partial charge is 0.353 e. The van der Waals surface area contributed by atoms with Crippen molar-refractivity contribution in [2.24, 2.45) is 5.92 Å². The highest BCUT2D eigenvalue weighted by atomic mass is 19.4. The van der Waals surface area contributed by atoms with Crippen molar-refractivity contribution in [3.8, 4) is 0 Å². The Labute approximate surface area is 75.5 Å². The van der Waals surface area contributed by atoms with Crippen molar-refractivity contribution >= 4 is 5.91 Å². The third-order valence-corrected chi connectivity index (χ3v) is 1.45. The molecule has 1 atom stereocenters. The molecule has 0 aliphatic heterocycles. The first-order chi connectivity index (χ1) is 5.72. The molecule has 1 amide bonds. The Bertz CT molecular complexity index is 177. The number of alkyl halides is 3. The fourth-order valence-electron chi connectivity index (χ4n) is 0.808. The Morgan fingerprint density at radius 3 is 2.08 bits per heavy atom. The third-order valence-electron chi connectivity index (χ3n) is 1.45. The molecule has 0 heterocycles. The Balaban J connectivity index is 3.88. The Morgan fingerprint density at radius 1 is 1.31 bits per heavy atom. The van der Waals surface area contributed by atoms with Crippen molar-refractivity contribution in [2.75, 3.05) is 0 Å². The van der Waals surface area contributed by atoms with Crippen LogP contribution in [0, 0.1) is 5.92 Å². The lowest BCUT2D eigenvalue weighted by molar-refractivity contribution is -0.142. The molecule has 0 aromatic rings. The maximum atomic E-state index is 11.8. The number of halogens is 3. The maximum Gasteiger partial charge on any atom is 0.391 e. The monoisotopic (exact) mass is 197 g/mol. The Kier molecular flexibility index (Phi) is 4.23. The second-order valence-corrected chi connectivity index (χ2v) is 3.38. The van der Waals surface area contributed by atoms with Crippen LogP contribution in [0.1, 0.15) is 27.2 Å². The molecule has 0 aliphatic carbocycles. The fraction of sp³-hybridized carbons (Fsp3) is 0.875. The molecule has 5 heteroatoms. The van der Waals surface area contributed by atoms with Crippen molar-refractivity contribution < 1.29 is 18.0 Å². The number of amides is 1. The Morgan fingerprint density at radius 2 is 1.77 bits per heavy atom. The van der Waals surface area contributed by atoms with Gasteiger partial charge in [0.25, 0.3) is 0 Å². The summed E-state index contributed by atoms with van der Waals surface area (Å²) in [5.41, 5.74) is 0. The van der Waals surface area contributed by atoms with E-state index in [4.69, 9.17) is 0 Å².